The molecule has 0 saturated carbocycles. The van der Waals surface area contributed by atoms with Gasteiger partial charge in [-0.25, -0.2) is 8.78 Å². The van der Waals surface area contributed by atoms with E-state index in [0.717, 1.165) is 6.07 Å². The lowest BCUT2D eigenvalue weighted by atomic mass is 10.1. The molecule has 1 aromatic carbocycles. The van der Waals surface area contributed by atoms with Gasteiger partial charge in [-0.2, -0.15) is 0 Å². The molecule has 23 heavy (non-hydrogen) atoms. The third kappa shape index (κ3) is 4.83. The molecule has 1 N–H and O–H groups in total. The summed E-state index contributed by atoms with van der Waals surface area (Å²) in [5, 5.41) is 9.75. The van der Waals surface area contributed by atoms with Crippen LogP contribution in [0.25, 0.3) is 0 Å². The van der Waals surface area contributed by atoms with E-state index in [1.54, 1.807) is 12.2 Å². The van der Waals surface area contributed by atoms with Crippen molar-refractivity contribution < 1.29 is 13.9 Å². The molecular weight excluding hydrogens is 298 g/mol. The summed E-state index contributed by atoms with van der Waals surface area (Å²) in [6.45, 7) is 3.92. The molecule has 1 atom stereocenters. The van der Waals surface area contributed by atoms with Crippen molar-refractivity contribution in [3.8, 4) is 12.3 Å². The average Bonchev–Trinajstić information content (AvgIpc) is 2.48. The van der Waals surface area contributed by atoms with E-state index in [-0.39, 0.29) is 6.04 Å². The summed E-state index contributed by atoms with van der Waals surface area (Å²) in [6, 6.07) is 3.37. The highest BCUT2D eigenvalue weighted by molar-refractivity contribution is 5.19. The monoisotopic (exact) mass is 318 g/mol. The quantitative estimate of drug-likeness (QED) is 0.817. The summed E-state index contributed by atoms with van der Waals surface area (Å²) in [4.78, 5) is 3.93. The van der Waals surface area contributed by atoms with Crippen LogP contribution in [0.3, 0.4) is 0 Å². The van der Waals surface area contributed by atoms with Gasteiger partial charge in [-0.1, -0.05) is 5.92 Å². The lowest BCUT2D eigenvalue weighted by Crippen LogP contribution is -2.38. The van der Waals surface area contributed by atoms with Gasteiger partial charge in [0.15, 0.2) is 0 Å². The molecule has 2 rings (SSSR count). The molecule has 1 heterocycles. The van der Waals surface area contributed by atoms with E-state index in [1.165, 1.54) is 12.1 Å². The number of hydrogen-bond acceptors (Lipinski definition) is 3. The van der Waals surface area contributed by atoms with Gasteiger partial charge >= 0.3 is 0 Å². The number of aliphatic hydroxyl groups is 1. The van der Waals surface area contributed by atoms with E-state index in [1.807, 2.05) is 22.9 Å². The van der Waals surface area contributed by atoms with Crippen LogP contribution >= 0.6 is 0 Å². The number of halogens is 2. The van der Waals surface area contributed by atoms with Crippen molar-refractivity contribution in [2.45, 2.75) is 19.5 Å². The van der Waals surface area contributed by atoms with Gasteiger partial charge in [0.25, 0.3) is 0 Å². The maximum absolute atomic E-state index is 13.3. The van der Waals surface area contributed by atoms with Crippen LogP contribution in [0.5, 0.6) is 0 Å². The molecule has 0 amide bonds. The number of hydrogen-bond donors (Lipinski definition) is 1. The third-order valence-corrected chi connectivity index (χ3v) is 3.79. The minimum absolute atomic E-state index is 0.0979. The van der Waals surface area contributed by atoms with Crippen molar-refractivity contribution in [3.05, 3.63) is 59.5 Å². The van der Waals surface area contributed by atoms with Crippen LogP contribution in [0, 0.1) is 24.0 Å². The fourth-order valence-electron chi connectivity index (χ4n) is 2.52. The summed E-state index contributed by atoms with van der Waals surface area (Å²) in [5.41, 5.74) is 0.544. The van der Waals surface area contributed by atoms with Crippen molar-refractivity contribution in [2.24, 2.45) is 0 Å². The van der Waals surface area contributed by atoms with E-state index >= 15 is 0 Å². The maximum atomic E-state index is 13.3. The molecular formula is C18H20F2N2O. The zero-order valence-corrected chi connectivity index (χ0v) is 13.0. The topological polar surface area (TPSA) is 26.7 Å². The van der Waals surface area contributed by atoms with Crippen LogP contribution in [0.4, 0.5) is 8.78 Å². The Morgan fingerprint density at radius 3 is 2.65 bits per heavy atom. The molecule has 0 bridgehead atoms. The van der Waals surface area contributed by atoms with Crippen LogP contribution in [0.15, 0.2) is 42.3 Å². The SMILES string of the molecule is C#CCN(CCN1C=CC=C(O)C1C)Cc1cc(F)cc(F)c1. The molecule has 1 aromatic rings. The Hall–Kier alpha value is -2.32. The van der Waals surface area contributed by atoms with E-state index in [9.17, 15) is 13.9 Å². The Bertz CT molecular complexity index is 629. The third-order valence-electron chi connectivity index (χ3n) is 3.79. The Balaban J connectivity index is 1.98. The number of benzene rings is 1. The predicted octanol–water partition coefficient (Wildman–Crippen LogP) is 3.06. The first-order valence-corrected chi connectivity index (χ1v) is 7.43. The molecule has 1 unspecified atom stereocenters. The average molecular weight is 318 g/mol. The zero-order chi connectivity index (χ0) is 16.8. The summed E-state index contributed by atoms with van der Waals surface area (Å²) in [7, 11) is 0. The second-order valence-corrected chi connectivity index (χ2v) is 5.54. The van der Waals surface area contributed by atoms with Crippen molar-refractivity contribution in [2.75, 3.05) is 19.6 Å². The fraction of sp³-hybridized carbons (Fsp3) is 0.333. The van der Waals surface area contributed by atoms with E-state index in [4.69, 9.17) is 6.42 Å². The fourth-order valence-corrected chi connectivity index (χ4v) is 2.52. The Morgan fingerprint density at radius 1 is 1.30 bits per heavy atom. The van der Waals surface area contributed by atoms with Gasteiger partial charge in [0.2, 0.25) is 0 Å². The standard InChI is InChI=1S/C18H20F2N2O/c1-3-6-21(13-15-10-16(19)12-17(20)11-15)8-9-22-7-4-5-18(23)14(22)2/h1,4-5,7,10-12,14,23H,6,8-9,13H2,2H3. The first-order chi connectivity index (χ1) is 11.0. The molecule has 3 nitrogen and oxygen atoms in total. The summed E-state index contributed by atoms with van der Waals surface area (Å²) < 4.78 is 26.6. The Morgan fingerprint density at radius 2 is 2.00 bits per heavy atom. The molecule has 0 radical (unpaired) electrons. The van der Waals surface area contributed by atoms with E-state index < -0.39 is 11.6 Å². The van der Waals surface area contributed by atoms with Crippen LogP contribution < -0.4 is 0 Å². The lowest BCUT2D eigenvalue weighted by Gasteiger charge is -2.31. The highest BCUT2D eigenvalue weighted by Gasteiger charge is 2.17. The normalized spacial score (nSPS) is 17.3. The first-order valence-electron chi connectivity index (χ1n) is 7.43. The molecule has 5 heteroatoms. The minimum Gasteiger partial charge on any atom is -0.510 e. The molecule has 0 spiro atoms. The van der Waals surface area contributed by atoms with Crippen LogP contribution in [0.2, 0.25) is 0 Å². The van der Waals surface area contributed by atoms with Crippen LogP contribution in [-0.2, 0) is 6.54 Å². The van der Waals surface area contributed by atoms with E-state index in [0.29, 0.717) is 37.5 Å². The number of nitrogens with zero attached hydrogens (tertiary/aromatic N) is 2. The van der Waals surface area contributed by atoms with Gasteiger partial charge in [0.05, 0.1) is 12.6 Å². The number of rotatable bonds is 6. The molecule has 1 aliphatic rings. The summed E-state index contributed by atoms with van der Waals surface area (Å²) in [6.07, 6.45) is 10.7. The second-order valence-electron chi connectivity index (χ2n) is 5.54. The smallest absolute Gasteiger partial charge is 0.126 e. The largest absolute Gasteiger partial charge is 0.510 e. The van der Waals surface area contributed by atoms with Crippen molar-refractivity contribution in [1.29, 1.82) is 0 Å². The van der Waals surface area contributed by atoms with Gasteiger partial charge in [-0.3, -0.25) is 4.90 Å². The van der Waals surface area contributed by atoms with Gasteiger partial charge in [0.1, 0.15) is 17.4 Å². The Kier molecular flexibility index (Phi) is 5.78. The highest BCUT2D eigenvalue weighted by Crippen LogP contribution is 2.14. The van der Waals surface area contributed by atoms with Crippen molar-refractivity contribution in [3.63, 3.8) is 0 Å². The van der Waals surface area contributed by atoms with Crippen molar-refractivity contribution in [1.82, 2.24) is 9.80 Å². The molecule has 0 saturated heterocycles. The lowest BCUT2D eigenvalue weighted by molar-refractivity contribution is 0.202. The summed E-state index contributed by atoms with van der Waals surface area (Å²) in [5.74, 6) is 1.69. The van der Waals surface area contributed by atoms with Crippen LogP contribution in [0.1, 0.15) is 12.5 Å². The van der Waals surface area contributed by atoms with Gasteiger partial charge in [-0.15, -0.1) is 6.42 Å². The van der Waals surface area contributed by atoms with Gasteiger partial charge < -0.3 is 10.0 Å². The van der Waals surface area contributed by atoms with Gasteiger partial charge in [-0.05, 0) is 43.0 Å². The minimum atomic E-state index is -0.594. The van der Waals surface area contributed by atoms with Crippen LogP contribution in [-0.4, -0.2) is 40.6 Å². The number of allylic oxidation sites excluding steroid dienone is 2. The molecule has 0 aromatic heterocycles. The van der Waals surface area contributed by atoms with Crippen molar-refractivity contribution >= 4 is 0 Å². The Labute approximate surface area is 135 Å². The van der Waals surface area contributed by atoms with Gasteiger partial charge in [0, 0.05) is 25.7 Å². The predicted molar refractivity (Wildman–Crippen MR) is 86.5 cm³/mol. The number of terminal acetylenes is 1. The first kappa shape index (κ1) is 17.0. The second kappa shape index (κ2) is 7.80. The summed E-state index contributed by atoms with van der Waals surface area (Å²) >= 11 is 0. The zero-order valence-electron chi connectivity index (χ0n) is 13.0. The maximum Gasteiger partial charge on any atom is 0.126 e. The number of aliphatic hydroxyl groups excluding tert-OH is 1. The van der Waals surface area contributed by atoms with E-state index in [2.05, 4.69) is 5.92 Å². The highest BCUT2D eigenvalue weighted by atomic mass is 19.1. The molecule has 1 aliphatic heterocycles. The molecule has 0 aliphatic carbocycles. The molecule has 122 valence electrons. The molecule has 0 fully saturated rings.